The SMILES string of the molecule is COc1ccc2c3c1O[C@H]1C4(O)C5=C[C@@]6(C[C@]54C(=O)NCc4ccccc4)[C@@H](C2)N(CCF)CC[C@]316. The number of carbonyl (C=O) groups excluding carboxylic acids is 1. The number of piperidine rings is 1. The Morgan fingerprint density at radius 2 is 2.11 bits per heavy atom. The topological polar surface area (TPSA) is 71.0 Å². The van der Waals surface area contributed by atoms with Crippen molar-refractivity contribution >= 4 is 5.91 Å². The van der Waals surface area contributed by atoms with E-state index < -0.39 is 29.2 Å². The quantitative estimate of drug-likeness (QED) is 0.612. The van der Waals surface area contributed by atoms with Crippen LogP contribution in [0, 0.1) is 10.8 Å². The molecule has 2 heterocycles. The van der Waals surface area contributed by atoms with Gasteiger partial charge in [-0.05, 0) is 48.6 Å². The lowest BCUT2D eigenvalue weighted by Crippen LogP contribution is -2.75. The Kier molecular flexibility index (Phi) is 3.83. The van der Waals surface area contributed by atoms with Crippen LogP contribution in [0.1, 0.15) is 29.5 Å². The zero-order valence-corrected chi connectivity index (χ0v) is 20.2. The van der Waals surface area contributed by atoms with Crippen LogP contribution in [0.2, 0.25) is 0 Å². The van der Waals surface area contributed by atoms with Crippen LogP contribution in [-0.4, -0.2) is 60.5 Å². The normalized spacial score (nSPS) is 39.7. The number of carbonyl (C=O) groups is 1. The number of rotatable bonds is 6. The minimum Gasteiger partial charge on any atom is -0.493 e. The van der Waals surface area contributed by atoms with E-state index in [0.29, 0.717) is 25.3 Å². The fraction of sp³-hybridized carbons (Fsp3) is 0.483. The summed E-state index contributed by atoms with van der Waals surface area (Å²) >= 11 is 0. The Morgan fingerprint density at radius 1 is 1.28 bits per heavy atom. The molecule has 1 saturated heterocycles. The maximum atomic E-state index is 13.9. The number of nitrogens with one attached hydrogen (secondary N) is 1. The predicted molar refractivity (Wildman–Crippen MR) is 130 cm³/mol. The summed E-state index contributed by atoms with van der Waals surface area (Å²) in [5.74, 6) is 1.25. The van der Waals surface area contributed by atoms with E-state index in [1.807, 2.05) is 36.4 Å². The molecule has 2 aromatic carbocycles. The Balaban J connectivity index is 1.27. The smallest absolute Gasteiger partial charge is 0.234 e. The van der Waals surface area contributed by atoms with Gasteiger partial charge in [0.15, 0.2) is 11.5 Å². The molecule has 1 unspecified atom stereocenters. The number of halogens is 1. The summed E-state index contributed by atoms with van der Waals surface area (Å²) in [5, 5.41) is 15.4. The summed E-state index contributed by atoms with van der Waals surface area (Å²) in [6.45, 7) is 1.14. The highest BCUT2D eigenvalue weighted by Gasteiger charge is 2.95. The molecular formula is C29H29FN2O4. The van der Waals surface area contributed by atoms with Gasteiger partial charge in [-0.3, -0.25) is 9.69 Å². The monoisotopic (exact) mass is 488 g/mol. The highest BCUT2D eigenvalue weighted by atomic mass is 19.1. The molecule has 7 aliphatic rings. The number of likely N-dealkylation sites (tertiary alicyclic amines) is 1. The van der Waals surface area contributed by atoms with Gasteiger partial charge < -0.3 is 19.9 Å². The maximum Gasteiger partial charge on any atom is 0.234 e. The number of alkyl halides is 1. The van der Waals surface area contributed by atoms with E-state index in [-0.39, 0.29) is 17.4 Å². The number of hydrogen-bond donors (Lipinski definition) is 2. The van der Waals surface area contributed by atoms with Crippen molar-refractivity contribution in [2.75, 3.05) is 26.9 Å². The van der Waals surface area contributed by atoms with Crippen LogP contribution >= 0.6 is 0 Å². The van der Waals surface area contributed by atoms with Crippen molar-refractivity contribution in [1.82, 2.24) is 10.2 Å². The molecule has 2 aliphatic heterocycles. The highest BCUT2D eigenvalue weighted by molar-refractivity contribution is 5.99. The zero-order valence-electron chi connectivity index (χ0n) is 20.2. The van der Waals surface area contributed by atoms with Crippen LogP contribution in [0.5, 0.6) is 11.5 Å². The van der Waals surface area contributed by atoms with E-state index in [1.165, 1.54) is 5.56 Å². The number of amides is 1. The van der Waals surface area contributed by atoms with Crippen LogP contribution in [0.4, 0.5) is 4.39 Å². The van der Waals surface area contributed by atoms with Gasteiger partial charge in [0.25, 0.3) is 0 Å². The number of nitrogens with zero attached hydrogens (tertiary/aromatic N) is 1. The second-order valence-corrected chi connectivity index (χ2v) is 11.4. The molecule has 36 heavy (non-hydrogen) atoms. The zero-order chi connectivity index (χ0) is 24.5. The molecule has 6 atom stereocenters. The van der Waals surface area contributed by atoms with E-state index in [2.05, 4.69) is 22.4 Å². The van der Waals surface area contributed by atoms with Crippen molar-refractivity contribution in [2.45, 2.75) is 49.0 Å². The van der Waals surface area contributed by atoms with Crippen LogP contribution < -0.4 is 14.8 Å². The number of methoxy groups -OCH3 is 1. The molecule has 6 bridgehead atoms. The molecule has 0 aromatic heterocycles. The first-order valence-electron chi connectivity index (χ1n) is 12.9. The second-order valence-electron chi connectivity index (χ2n) is 11.4. The number of hydrogen-bond acceptors (Lipinski definition) is 5. The van der Waals surface area contributed by atoms with Crippen molar-refractivity contribution in [2.24, 2.45) is 10.8 Å². The van der Waals surface area contributed by atoms with Crippen molar-refractivity contribution in [3.8, 4) is 11.5 Å². The van der Waals surface area contributed by atoms with E-state index in [0.717, 1.165) is 41.8 Å². The van der Waals surface area contributed by atoms with Crippen molar-refractivity contribution in [3.63, 3.8) is 0 Å². The summed E-state index contributed by atoms with van der Waals surface area (Å²) in [5.41, 5.74) is 0.973. The molecular weight excluding hydrogens is 459 g/mol. The average Bonchev–Trinajstić information content (AvgIpc) is 3.17. The van der Waals surface area contributed by atoms with Gasteiger partial charge in [0, 0.05) is 30.1 Å². The van der Waals surface area contributed by atoms with Crippen molar-refractivity contribution in [3.05, 3.63) is 70.8 Å². The first-order chi connectivity index (χ1) is 17.5. The van der Waals surface area contributed by atoms with Gasteiger partial charge in [0.05, 0.1) is 12.5 Å². The third-order valence-corrected chi connectivity index (χ3v) is 10.5. The van der Waals surface area contributed by atoms with Gasteiger partial charge >= 0.3 is 0 Å². The van der Waals surface area contributed by atoms with E-state index in [4.69, 9.17) is 9.47 Å². The molecule has 0 radical (unpaired) electrons. The lowest BCUT2D eigenvalue weighted by atomic mass is 9.41. The molecule has 2 aromatic rings. The third-order valence-electron chi connectivity index (χ3n) is 10.5. The average molecular weight is 489 g/mol. The largest absolute Gasteiger partial charge is 0.493 e. The van der Waals surface area contributed by atoms with E-state index in [1.54, 1.807) is 7.11 Å². The van der Waals surface area contributed by atoms with Gasteiger partial charge in [-0.2, -0.15) is 0 Å². The predicted octanol–water partition coefficient (Wildman–Crippen LogP) is 2.67. The summed E-state index contributed by atoms with van der Waals surface area (Å²) in [6.07, 6.45) is 3.74. The Labute approximate surface area is 209 Å². The Bertz CT molecular complexity index is 1360. The Morgan fingerprint density at radius 3 is 2.89 bits per heavy atom. The molecule has 2 spiro atoms. The third kappa shape index (κ3) is 1.99. The number of aliphatic hydroxyl groups is 1. The molecule has 1 amide bonds. The standard InChI is InChI=1S/C29H29FN2O4/c1-35-19-8-7-18-13-21-26-14-20-28(16-26,25(33)31-15-17-5-3-2-4-6-17)29(20,34)24-27(26,22(18)23(19)36-24)9-11-32(21)12-10-30/h2-8,14,21,24,34H,9-13,15-16H2,1H3,(H,31,33)/t21-,24-,26-,27+,28-,29?/m1/s1. The van der Waals surface area contributed by atoms with Crippen LogP contribution in [0.15, 0.2) is 54.1 Å². The van der Waals surface area contributed by atoms with Crippen molar-refractivity contribution in [1.29, 1.82) is 0 Å². The summed E-state index contributed by atoms with van der Waals surface area (Å²) in [6, 6.07) is 13.9. The molecule has 9 rings (SSSR count). The molecule has 186 valence electrons. The number of ether oxygens (including phenoxy) is 2. The van der Waals surface area contributed by atoms with Crippen LogP contribution in [0.3, 0.4) is 0 Å². The highest BCUT2D eigenvalue weighted by Crippen LogP contribution is 2.87. The fourth-order valence-electron chi connectivity index (χ4n) is 9.17. The van der Waals surface area contributed by atoms with Gasteiger partial charge in [0.2, 0.25) is 5.91 Å². The molecule has 6 nitrogen and oxygen atoms in total. The molecule has 3 fully saturated rings. The molecule has 2 saturated carbocycles. The fourth-order valence-corrected chi connectivity index (χ4v) is 9.17. The minimum atomic E-state index is -1.35. The van der Waals surface area contributed by atoms with Crippen LogP contribution in [-0.2, 0) is 23.2 Å². The van der Waals surface area contributed by atoms with Crippen LogP contribution in [0.25, 0.3) is 0 Å². The lowest BCUT2D eigenvalue weighted by Gasteiger charge is -2.66. The molecule has 5 aliphatic carbocycles. The summed E-state index contributed by atoms with van der Waals surface area (Å²) in [7, 11) is 1.64. The minimum absolute atomic E-state index is 0.0589. The summed E-state index contributed by atoms with van der Waals surface area (Å²) in [4.78, 5) is 16.2. The van der Waals surface area contributed by atoms with Gasteiger partial charge in [-0.15, -0.1) is 0 Å². The van der Waals surface area contributed by atoms with E-state index >= 15 is 0 Å². The summed E-state index contributed by atoms with van der Waals surface area (Å²) < 4.78 is 26.1. The number of benzene rings is 2. The Hall–Kier alpha value is -2.90. The maximum absolute atomic E-state index is 13.9. The van der Waals surface area contributed by atoms with Crippen molar-refractivity contribution < 1.29 is 23.8 Å². The lowest BCUT2D eigenvalue weighted by molar-refractivity contribution is -0.173. The first-order valence-corrected chi connectivity index (χ1v) is 12.9. The van der Waals surface area contributed by atoms with Gasteiger partial charge in [0.1, 0.15) is 23.8 Å². The second kappa shape index (κ2) is 6.50. The van der Waals surface area contributed by atoms with E-state index in [9.17, 15) is 14.3 Å². The van der Waals surface area contributed by atoms with Gasteiger partial charge in [-0.25, -0.2) is 4.39 Å². The van der Waals surface area contributed by atoms with Gasteiger partial charge in [-0.1, -0.05) is 42.5 Å². The molecule has 7 heteroatoms. The molecule has 2 N–H and O–H groups in total. The first kappa shape index (κ1) is 21.2.